The summed E-state index contributed by atoms with van der Waals surface area (Å²) < 4.78 is 26.5. The van der Waals surface area contributed by atoms with Gasteiger partial charge in [0.2, 0.25) is 15.9 Å². The van der Waals surface area contributed by atoms with Crippen LogP contribution in [-0.4, -0.2) is 91.3 Å². The summed E-state index contributed by atoms with van der Waals surface area (Å²) >= 11 is 0. The highest BCUT2D eigenvalue weighted by molar-refractivity contribution is 7.88. The van der Waals surface area contributed by atoms with Crippen LogP contribution < -0.4 is 10.6 Å². The summed E-state index contributed by atoms with van der Waals surface area (Å²) in [7, 11) is -1.44. The van der Waals surface area contributed by atoms with Crippen LogP contribution in [0.3, 0.4) is 0 Å². The molecule has 11 heteroatoms. The number of benzene rings is 1. The molecule has 2 amide bonds. The van der Waals surface area contributed by atoms with Crippen molar-refractivity contribution >= 4 is 21.8 Å². The second-order valence-corrected chi connectivity index (χ2v) is 9.74. The SMILES string of the molecule is CNCCC[C@H](NC(=O)c1ccc(-n2cccn2)cc1)C(=O)N1CCN(S(C)(=O)=O)CC1. The van der Waals surface area contributed by atoms with Crippen molar-refractivity contribution in [3.63, 3.8) is 0 Å². The van der Waals surface area contributed by atoms with Gasteiger partial charge in [-0.3, -0.25) is 9.59 Å². The Morgan fingerprint density at radius 2 is 1.81 bits per heavy atom. The Bertz CT molecular complexity index is 999. The molecule has 1 saturated heterocycles. The number of amides is 2. The number of carbonyl (C=O) groups is 2. The van der Waals surface area contributed by atoms with Crippen molar-refractivity contribution in [1.82, 2.24) is 29.6 Å². The van der Waals surface area contributed by atoms with Crippen LogP contribution in [0.25, 0.3) is 5.69 Å². The van der Waals surface area contributed by atoms with E-state index in [0.29, 0.717) is 31.5 Å². The van der Waals surface area contributed by atoms with E-state index in [9.17, 15) is 18.0 Å². The van der Waals surface area contributed by atoms with Crippen LogP contribution in [0.2, 0.25) is 0 Å². The summed E-state index contributed by atoms with van der Waals surface area (Å²) in [5.41, 5.74) is 1.28. The molecule has 1 aromatic heterocycles. The van der Waals surface area contributed by atoms with Gasteiger partial charge in [-0.25, -0.2) is 13.1 Å². The fourth-order valence-electron chi connectivity index (χ4n) is 3.63. The van der Waals surface area contributed by atoms with Crippen molar-refractivity contribution in [1.29, 1.82) is 0 Å². The summed E-state index contributed by atoms with van der Waals surface area (Å²) in [6, 6.07) is 8.14. The molecule has 1 atom stereocenters. The topological polar surface area (TPSA) is 117 Å². The Labute approximate surface area is 188 Å². The number of aromatic nitrogens is 2. The van der Waals surface area contributed by atoms with Crippen LogP contribution in [0.5, 0.6) is 0 Å². The first-order valence-corrected chi connectivity index (χ1v) is 12.4. The molecule has 3 rings (SSSR count). The molecule has 32 heavy (non-hydrogen) atoms. The van der Waals surface area contributed by atoms with E-state index in [4.69, 9.17) is 0 Å². The maximum absolute atomic E-state index is 13.1. The van der Waals surface area contributed by atoms with Crippen LogP contribution in [0.1, 0.15) is 23.2 Å². The van der Waals surface area contributed by atoms with Crippen molar-refractivity contribution < 1.29 is 18.0 Å². The molecule has 2 N–H and O–H groups in total. The lowest BCUT2D eigenvalue weighted by atomic mass is 10.1. The average Bonchev–Trinajstić information content (AvgIpc) is 3.32. The summed E-state index contributed by atoms with van der Waals surface area (Å²) in [4.78, 5) is 27.6. The molecule has 2 heterocycles. The van der Waals surface area contributed by atoms with Gasteiger partial charge in [0.15, 0.2) is 0 Å². The van der Waals surface area contributed by atoms with E-state index in [1.54, 1.807) is 40.0 Å². The molecule has 1 aromatic carbocycles. The third-order valence-electron chi connectivity index (χ3n) is 5.44. The summed E-state index contributed by atoms with van der Waals surface area (Å²) in [5.74, 6) is -0.509. The molecule has 1 fully saturated rings. The first-order chi connectivity index (χ1) is 15.3. The Kier molecular flexibility index (Phi) is 7.99. The van der Waals surface area contributed by atoms with E-state index >= 15 is 0 Å². The molecule has 10 nitrogen and oxygen atoms in total. The van der Waals surface area contributed by atoms with Gasteiger partial charge in [-0.2, -0.15) is 9.40 Å². The molecule has 2 aromatic rings. The van der Waals surface area contributed by atoms with E-state index in [-0.39, 0.29) is 24.9 Å². The molecule has 0 bridgehead atoms. The minimum absolute atomic E-state index is 0.184. The number of rotatable bonds is 9. The van der Waals surface area contributed by atoms with E-state index in [1.165, 1.54) is 10.6 Å². The van der Waals surface area contributed by atoms with Crippen LogP contribution >= 0.6 is 0 Å². The van der Waals surface area contributed by atoms with Gasteiger partial charge in [0.1, 0.15) is 6.04 Å². The summed E-state index contributed by atoms with van der Waals surface area (Å²) in [6.07, 6.45) is 5.87. The van der Waals surface area contributed by atoms with Crippen LogP contribution in [0, 0.1) is 0 Å². The van der Waals surface area contributed by atoms with E-state index in [0.717, 1.165) is 12.2 Å². The molecular weight excluding hydrogens is 432 g/mol. The molecule has 1 aliphatic rings. The van der Waals surface area contributed by atoms with Crippen LogP contribution in [0.15, 0.2) is 42.7 Å². The number of carbonyl (C=O) groups excluding carboxylic acids is 2. The highest BCUT2D eigenvalue weighted by Crippen LogP contribution is 2.12. The quantitative estimate of drug-likeness (QED) is 0.510. The Morgan fingerprint density at radius 1 is 1.12 bits per heavy atom. The third-order valence-corrected chi connectivity index (χ3v) is 6.74. The van der Waals surface area contributed by atoms with Gasteiger partial charge in [-0.1, -0.05) is 0 Å². The summed E-state index contributed by atoms with van der Waals surface area (Å²) in [5, 5.41) is 10.1. The van der Waals surface area contributed by atoms with Crippen molar-refractivity contribution in [2.75, 3.05) is 46.0 Å². The lowest BCUT2D eigenvalue weighted by Crippen LogP contribution is -2.55. The number of sulfonamides is 1. The first kappa shape index (κ1) is 23.9. The number of hydrogen-bond acceptors (Lipinski definition) is 6. The molecule has 0 unspecified atom stereocenters. The van der Waals surface area contributed by atoms with Gasteiger partial charge >= 0.3 is 0 Å². The van der Waals surface area contributed by atoms with E-state index < -0.39 is 16.1 Å². The highest BCUT2D eigenvalue weighted by atomic mass is 32.2. The zero-order chi connectivity index (χ0) is 23.1. The predicted octanol–water partition coefficient (Wildman–Crippen LogP) is 0.0741. The first-order valence-electron chi connectivity index (χ1n) is 10.6. The third kappa shape index (κ3) is 6.15. The molecular formula is C21H30N6O4S. The number of piperazine rings is 1. The monoisotopic (exact) mass is 462 g/mol. The normalized spacial score (nSPS) is 16.0. The Morgan fingerprint density at radius 3 is 2.38 bits per heavy atom. The predicted molar refractivity (Wildman–Crippen MR) is 121 cm³/mol. The fourth-order valence-corrected chi connectivity index (χ4v) is 4.46. The van der Waals surface area contributed by atoms with Crippen LogP contribution in [0.4, 0.5) is 0 Å². The highest BCUT2D eigenvalue weighted by Gasteiger charge is 2.30. The van der Waals surface area contributed by atoms with Crippen LogP contribution in [-0.2, 0) is 14.8 Å². The smallest absolute Gasteiger partial charge is 0.251 e. The molecule has 0 spiro atoms. The average molecular weight is 463 g/mol. The van der Waals surface area contributed by atoms with Crippen molar-refractivity contribution in [3.8, 4) is 5.69 Å². The van der Waals surface area contributed by atoms with Crippen molar-refractivity contribution in [2.45, 2.75) is 18.9 Å². The van der Waals surface area contributed by atoms with Crippen molar-refractivity contribution in [2.24, 2.45) is 0 Å². The van der Waals surface area contributed by atoms with Gasteiger partial charge in [0.25, 0.3) is 5.91 Å². The van der Waals surface area contributed by atoms with Gasteiger partial charge in [-0.05, 0) is 56.8 Å². The van der Waals surface area contributed by atoms with Gasteiger partial charge in [0, 0.05) is 44.1 Å². The summed E-state index contributed by atoms with van der Waals surface area (Å²) in [6.45, 7) is 1.86. The van der Waals surface area contributed by atoms with E-state index in [2.05, 4.69) is 15.7 Å². The number of hydrogen-bond donors (Lipinski definition) is 2. The minimum atomic E-state index is -3.28. The molecule has 174 valence electrons. The molecule has 0 aliphatic carbocycles. The van der Waals surface area contributed by atoms with Gasteiger partial charge < -0.3 is 15.5 Å². The second kappa shape index (κ2) is 10.7. The van der Waals surface area contributed by atoms with Crippen molar-refractivity contribution in [3.05, 3.63) is 48.3 Å². The Hall–Kier alpha value is -2.76. The van der Waals surface area contributed by atoms with E-state index in [1.807, 2.05) is 19.3 Å². The lowest BCUT2D eigenvalue weighted by molar-refractivity contribution is -0.134. The maximum Gasteiger partial charge on any atom is 0.251 e. The second-order valence-electron chi connectivity index (χ2n) is 7.76. The standard InChI is InChI=1S/C21H30N6O4S/c1-22-10-3-5-19(21(29)25-13-15-26(16-14-25)32(2,30)31)24-20(28)17-6-8-18(9-7-17)27-12-4-11-23-27/h4,6-9,11-12,19,22H,3,5,10,13-16H2,1-2H3,(H,24,28)/t19-/m0/s1. The minimum Gasteiger partial charge on any atom is -0.340 e. The van der Waals surface area contributed by atoms with Gasteiger partial charge in [-0.15, -0.1) is 0 Å². The zero-order valence-corrected chi connectivity index (χ0v) is 19.2. The fraction of sp³-hybridized carbons (Fsp3) is 0.476. The number of nitrogens with one attached hydrogen (secondary N) is 2. The lowest BCUT2D eigenvalue weighted by Gasteiger charge is -2.35. The maximum atomic E-state index is 13.1. The number of nitrogens with zero attached hydrogens (tertiary/aromatic N) is 4. The Balaban J connectivity index is 1.65. The zero-order valence-electron chi connectivity index (χ0n) is 18.4. The largest absolute Gasteiger partial charge is 0.340 e. The van der Waals surface area contributed by atoms with Gasteiger partial charge in [0.05, 0.1) is 11.9 Å². The molecule has 0 saturated carbocycles. The molecule has 1 aliphatic heterocycles. The molecule has 0 radical (unpaired) electrons.